The summed E-state index contributed by atoms with van der Waals surface area (Å²) in [5.74, 6) is 0. The van der Waals surface area contributed by atoms with Crippen LogP contribution in [0, 0.1) is 0 Å². The van der Waals surface area contributed by atoms with E-state index < -0.39 is 11.2 Å². The van der Waals surface area contributed by atoms with Crippen LogP contribution in [-0.2, 0) is 4.74 Å². The predicted molar refractivity (Wildman–Crippen MR) is 66.8 cm³/mol. The average Bonchev–Trinajstić information content (AvgIpc) is 2.08. The number of amides is 1. The van der Waals surface area contributed by atoms with Crippen LogP contribution < -0.4 is 0 Å². The van der Waals surface area contributed by atoms with E-state index in [0.29, 0.717) is 19.5 Å². The second-order valence-corrected chi connectivity index (χ2v) is 5.79. The largest absolute Gasteiger partial charge is 0.444 e. The average molecular weight is 241 g/mol. The summed E-state index contributed by atoms with van der Waals surface area (Å²) in [5.41, 5.74) is -1.21. The van der Waals surface area contributed by atoms with Crippen LogP contribution in [0.1, 0.15) is 40.5 Å². The molecule has 0 radical (unpaired) electrons. The first-order valence-electron chi connectivity index (χ1n) is 6.08. The van der Waals surface area contributed by atoms with Crippen molar-refractivity contribution in [3.05, 3.63) is 12.2 Å². The first kappa shape index (κ1) is 14.0. The number of carbonyl (C=O) groups is 1. The molecule has 0 aromatic carbocycles. The predicted octanol–water partition coefficient (Wildman–Crippen LogP) is 2.32. The monoisotopic (exact) mass is 241 g/mol. The van der Waals surface area contributed by atoms with Crippen molar-refractivity contribution < 1.29 is 14.6 Å². The van der Waals surface area contributed by atoms with Crippen molar-refractivity contribution in [2.75, 3.05) is 13.1 Å². The number of rotatable bonds is 0. The number of hydrogen-bond donors (Lipinski definition) is 1. The lowest BCUT2D eigenvalue weighted by atomic mass is 9.98. The maximum absolute atomic E-state index is 11.8. The minimum atomic E-state index is -0.750. The lowest BCUT2D eigenvalue weighted by molar-refractivity contribution is 0.0237. The fourth-order valence-corrected chi connectivity index (χ4v) is 1.73. The Kier molecular flexibility index (Phi) is 4.20. The smallest absolute Gasteiger partial charge is 0.410 e. The minimum absolute atomic E-state index is 0.288. The minimum Gasteiger partial charge on any atom is -0.444 e. The molecular weight excluding hydrogens is 218 g/mol. The molecule has 0 fully saturated rings. The highest BCUT2D eigenvalue weighted by Gasteiger charge is 2.24. The van der Waals surface area contributed by atoms with Crippen molar-refractivity contribution in [1.82, 2.24) is 4.90 Å². The van der Waals surface area contributed by atoms with E-state index >= 15 is 0 Å². The van der Waals surface area contributed by atoms with Gasteiger partial charge in [-0.3, -0.25) is 0 Å². The zero-order valence-electron chi connectivity index (χ0n) is 11.2. The Morgan fingerprint density at radius 2 is 2.12 bits per heavy atom. The van der Waals surface area contributed by atoms with Crippen LogP contribution in [0.15, 0.2) is 12.2 Å². The maximum Gasteiger partial charge on any atom is 0.410 e. The Bertz CT molecular complexity index is 302. The summed E-state index contributed by atoms with van der Waals surface area (Å²) in [6, 6.07) is 0. The third-order valence-electron chi connectivity index (χ3n) is 2.57. The summed E-state index contributed by atoms with van der Waals surface area (Å²) < 4.78 is 5.32. The summed E-state index contributed by atoms with van der Waals surface area (Å²) in [4.78, 5) is 13.5. The van der Waals surface area contributed by atoms with Gasteiger partial charge in [0.15, 0.2) is 0 Å². The molecule has 1 amide bonds. The number of ether oxygens (including phenoxy) is 1. The molecule has 0 aromatic heterocycles. The van der Waals surface area contributed by atoms with E-state index in [0.717, 1.165) is 6.42 Å². The fourth-order valence-electron chi connectivity index (χ4n) is 1.73. The number of nitrogens with zero attached hydrogens (tertiary/aromatic N) is 1. The fraction of sp³-hybridized carbons (Fsp3) is 0.769. The lowest BCUT2D eigenvalue weighted by Crippen LogP contribution is -2.39. The molecule has 1 heterocycles. The molecule has 1 atom stereocenters. The molecule has 0 saturated heterocycles. The Morgan fingerprint density at radius 3 is 2.71 bits per heavy atom. The zero-order valence-corrected chi connectivity index (χ0v) is 11.2. The van der Waals surface area contributed by atoms with Crippen molar-refractivity contribution in [2.45, 2.75) is 51.7 Å². The van der Waals surface area contributed by atoms with E-state index in [2.05, 4.69) is 0 Å². The van der Waals surface area contributed by atoms with E-state index in [4.69, 9.17) is 4.74 Å². The molecule has 0 aromatic rings. The molecule has 4 nitrogen and oxygen atoms in total. The van der Waals surface area contributed by atoms with Crippen molar-refractivity contribution >= 4 is 6.09 Å². The van der Waals surface area contributed by atoms with Gasteiger partial charge in [-0.2, -0.15) is 0 Å². The summed E-state index contributed by atoms with van der Waals surface area (Å²) in [7, 11) is 0. The number of hydrogen-bond acceptors (Lipinski definition) is 3. The van der Waals surface area contributed by atoms with Crippen molar-refractivity contribution in [3.8, 4) is 0 Å². The first-order valence-corrected chi connectivity index (χ1v) is 6.08. The van der Waals surface area contributed by atoms with Crippen molar-refractivity contribution in [2.24, 2.45) is 0 Å². The van der Waals surface area contributed by atoms with Gasteiger partial charge < -0.3 is 14.7 Å². The van der Waals surface area contributed by atoms with Gasteiger partial charge in [0, 0.05) is 13.1 Å². The topological polar surface area (TPSA) is 49.8 Å². The van der Waals surface area contributed by atoms with E-state index in [9.17, 15) is 9.90 Å². The van der Waals surface area contributed by atoms with Gasteiger partial charge in [-0.1, -0.05) is 12.2 Å². The molecule has 1 aliphatic heterocycles. The summed E-state index contributed by atoms with van der Waals surface area (Å²) in [6.07, 6.45) is 4.72. The second kappa shape index (κ2) is 5.08. The van der Waals surface area contributed by atoms with Gasteiger partial charge in [-0.15, -0.1) is 0 Å². The highest BCUT2D eigenvalue weighted by molar-refractivity contribution is 5.68. The first-order chi connectivity index (χ1) is 7.70. The summed E-state index contributed by atoms with van der Waals surface area (Å²) in [5, 5.41) is 9.87. The van der Waals surface area contributed by atoms with Gasteiger partial charge in [0.1, 0.15) is 5.60 Å². The van der Waals surface area contributed by atoms with E-state index in [1.807, 2.05) is 26.8 Å². The Hall–Kier alpha value is -1.03. The zero-order chi connectivity index (χ0) is 13.1. The van der Waals surface area contributed by atoms with E-state index in [1.54, 1.807) is 17.9 Å². The molecule has 1 unspecified atom stereocenters. The normalized spacial score (nSPS) is 28.2. The number of carbonyl (C=O) groups excluding carboxylic acids is 1. The van der Waals surface area contributed by atoms with Gasteiger partial charge in [-0.25, -0.2) is 4.79 Å². The van der Waals surface area contributed by atoms with Gasteiger partial charge in [0.05, 0.1) is 5.60 Å². The summed E-state index contributed by atoms with van der Waals surface area (Å²) >= 11 is 0. The van der Waals surface area contributed by atoms with E-state index in [-0.39, 0.29) is 6.09 Å². The van der Waals surface area contributed by atoms with Crippen LogP contribution in [0.4, 0.5) is 4.79 Å². The van der Waals surface area contributed by atoms with Crippen LogP contribution in [0.3, 0.4) is 0 Å². The molecule has 1 aliphatic rings. The van der Waals surface area contributed by atoms with Gasteiger partial charge >= 0.3 is 6.09 Å². The molecule has 1 N–H and O–H groups in total. The third kappa shape index (κ3) is 5.22. The molecule has 0 aliphatic carbocycles. The van der Waals surface area contributed by atoms with Crippen molar-refractivity contribution in [1.29, 1.82) is 0 Å². The second-order valence-electron chi connectivity index (χ2n) is 5.79. The SMILES string of the molecule is CC1(O)/C=C\CN(C(=O)OC(C)(C)C)CCC1. The van der Waals surface area contributed by atoms with Crippen molar-refractivity contribution in [3.63, 3.8) is 0 Å². The highest BCUT2D eigenvalue weighted by Crippen LogP contribution is 2.18. The van der Waals surface area contributed by atoms with E-state index in [1.165, 1.54) is 0 Å². The molecule has 0 bridgehead atoms. The Balaban J connectivity index is 2.59. The van der Waals surface area contributed by atoms with Crippen LogP contribution in [0.5, 0.6) is 0 Å². The van der Waals surface area contributed by atoms with Crippen LogP contribution in [0.25, 0.3) is 0 Å². The van der Waals surface area contributed by atoms with Gasteiger partial charge in [0.25, 0.3) is 0 Å². The van der Waals surface area contributed by atoms with Crippen LogP contribution in [0.2, 0.25) is 0 Å². The summed E-state index contributed by atoms with van der Waals surface area (Å²) in [6.45, 7) is 8.47. The Morgan fingerprint density at radius 1 is 1.47 bits per heavy atom. The highest BCUT2D eigenvalue weighted by atomic mass is 16.6. The van der Waals surface area contributed by atoms with Gasteiger partial charge in [0.2, 0.25) is 0 Å². The number of aliphatic hydroxyl groups is 1. The Labute approximate surface area is 103 Å². The molecule has 0 spiro atoms. The molecular formula is C13H23NO3. The quantitative estimate of drug-likeness (QED) is 0.662. The molecule has 17 heavy (non-hydrogen) atoms. The van der Waals surface area contributed by atoms with Gasteiger partial charge in [-0.05, 0) is 40.5 Å². The van der Waals surface area contributed by atoms with Crippen LogP contribution in [-0.4, -0.2) is 40.4 Å². The third-order valence-corrected chi connectivity index (χ3v) is 2.57. The van der Waals surface area contributed by atoms with Crippen LogP contribution >= 0.6 is 0 Å². The molecule has 98 valence electrons. The molecule has 4 heteroatoms. The maximum atomic E-state index is 11.8. The molecule has 0 saturated carbocycles. The molecule has 1 rings (SSSR count). The lowest BCUT2D eigenvalue weighted by Gasteiger charge is -2.29. The standard InChI is InChI=1S/C13H23NO3/c1-12(2,3)17-11(15)14-9-5-7-13(4,16)8-6-10-14/h5,7,16H,6,8-10H2,1-4H3/b7-5-.